The molecule has 0 aliphatic carbocycles. The number of hydrogen-bond donors (Lipinski definition) is 3. The number of rotatable bonds is 7. The third kappa shape index (κ3) is 6.19. The number of carboxylic acids is 1. The number of aliphatic carboxylic acids is 1. The van der Waals surface area contributed by atoms with E-state index in [0.717, 1.165) is 0 Å². The van der Waals surface area contributed by atoms with Crippen LogP contribution in [-0.4, -0.2) is 42.1 Å². The van der Waals surface area contributed by atoms with Crippen molar-refractivity contribution in [3.05, 3.63) is 0 Å². The number of nitrogens with one attached hydrogen (secondary N) is 1. The molecule has 7 nitrogen and oxygen atoms in total. The highest BCUT2D eigenvalue weighted by Gasteiger charge is 2.26. The van der Waals surface area contributed by atoms with E-state index in [1.54, 1.807) is 0 Å². The molecular formula is C11H20N2O5. The van der Waals surface area contributed by atoms with Crippen LogP contribution in [0.25, 0.3) is 0 Å². The third-order valence-electron chi connectivity index (χ3n) is 2.24. The zero-order valence-corrected chi connectivity index (χ0v) is 10.8. The van der Waals surface area contributed by atoms with Gasteiger partial charge in [-0.25, -0.2) is 4.79 Å². The lowest BCUT2D eigenvalue weighted by Crippen LogP contribution is -2.49. The number of methoxy groups -OCH3 is 1. The average molecular weight is 260 g/mol. The smallest absolute Gasteiger partial charge is 0.328 e. The molecule has 0 fully saturated rings. The van der Waals surface area contributed by atoms with Crippen molar-refractivity contribution in [2.75, 3.05) is 7.11 Å². The van der Waals surface area contributed by atoms with Gasteiger partial charge in [0.2, 0.25) is 5.91 Å². The molecule has 4 N–H and O–H groups in total. The van der Waals surface area contributed by atoms with Crippen LogP contribution in [0.1, 0.15) is 26.7 Å². The minimum Gasteiger partial charge on any atom is -0.481 e. The van der Waals surface area contributed by atoms with Gasteiger partial charge < -0.3 is 20.9 Å². The molecule has 0 saturated carbocycles. The van der Waals surface area contributed by atoms with E-state index in [0.29, 0.717) is 6.42 Å². The molecule has 104 valence electrons. The number of hydrogen-bond acceptors (Lipinski definition) is 5. The second kappa shape index (κ2) is 7.65. The Morgan fingerprint density at radius 3 is 2.28 bits per heavy atom. The van der Waals surface area contributed by atoms with Gasteiger partial charge in [-0.3, -0.25) is 9.59 Å². The van der Waals surface area contributed by atoms with Crippen LogP contribution in [0.2, 0.25) is 0 Å². The first-order chi connectivity index (χ1) is 8.27. The zero-order valence-electron chi connectivity index (χ0n) is 10.8. The number of carbonyl (C=O) groups excluding carboxylic acids is 2. The predicted octanol–water partition coefficient (Wildman–Crippen LogP) is -0.508. The molecule has 1 amide bonds. The Morgan fingerprint density at radius 1 is 1.33 bits per heavy atom. The molecule has 0 aromatic heterocycles. The van der Waals surface area contributed by atoms with E-state index >= 15 is 0 Å². The fraction of sp³-hybridized carbons (Fsp3) is 0.727. The van der Waals surface area contributed by atoms with E-state index in [1.165, 1.54) is 7.11 Å². The molecule has 0 unspecified atom stereocenters. The van der Waals surface area contributed by atoms with E-state index in [2.05, 4.69) is 10.1 Å². The number of amides is 1. The largest absolute Gasteiger partial charge is 0.481 e. The van der Waals surface area contributed by atoms with Crippen LogP contribution in [0.15, 0.2) is 0 Å². The molecular weight excluding hydrogens is 240 g/mol. The van der Waals surface area contributed by atoms with Crippen molar-refractivity contribution in [2.45, 2.75) is 38.8 Å². The molecule has 0 aliphatic rings. The first-order valence-corrected chi connectivity index (χ1v) is 5.63. The highest BCUT2D eigenvalue weighted by molar-refractivity contribution is 5.89. The van der Waals surface area contributed by atoms with Crippen molar-refractivity contribution in [1.29, 1.82) is 0 Å². The van der Waals surface area contributed by atoms with Gasteiger partial charge in [-0.2, -0.15) is 0 Å². The molecule has 0 aromatic rings. The average Bonchev–Trinajstić information content (AvgIpc) is 2.25. The molecule has 7 heteroatoms. The maximum absolute atomic E-state index is 11.6. The van der Waals surface area contributed by atoms with Crippen molar-refractivity contribution in [3.63, 3.8) is 0 Å². The molecule has 0 aliphatic heterocycles. The topological polar surface area (TPSA) is 119 Å². The van der Waals surface area contributed by atoms with Gasteiger partial charge in [-0.05, 0) is 12.3 Å². The Hall–Kier alpha value is -1.63. The van der Waals surface area contributed by atoms with Crippen molar-refractivity contribution < 1.29 is 24.2 Å². The van der Waals surface area contributed by atoms with Crippen molar-refractivity contribution in [3.8, 4) is 0 Å². The molecule has 0 rings (SSSR count). The fourth-order valence-electron chi connectivity index (χ4n) is 1.39. The van der Waals surface area contributed by atoms with E-state index in [9.17, 15) is 14.4 Å². The normalized spacial score (nSPS) is 13.8. The summed E-state index contributed by atoms with van der Waals surface area (Å²) in [6, 6.07) is -1.98. The SMILES string of the molecule is COC(=O)[C@@H](CC(C)C)NC(=O)[C@H](N)CC(=O)O. The first kappa shape index (κ1) is 16.4. The van der Waals surface area contributed by atoms with Gasteiger partial charge in [0.1, 0.15) is 6.04 Å². The minimum absolute atomic E-state index is 0.171. The molecule has 0 aromatic carbocycles. The minimum atomic E-state index is -1.18. The van der Waals surface area contributed by atoms with E-state index in [-0.39, 0.29) is 5.92 Å². The molecule has 0 spiro atoms. The van der Waals surface area contributed by atoms with Gasteiger partial charge in [0.15, 0.2) is 0 Å². The van der Waals surface area contributed by atoms with Gasteiger partial charge >= 0.3 is 11.9 Å². The Kier molecular flexibility index (Phi) is 6.96. The summed E-state index contributed by atoms with van der Waals surface area (Å²) in [7, 11) is 1.22. The number of nitrogens with two attached hydrogens (primary N) is 1. The van der Waals surface area contributed by atoms with Gasteiger partial charge in [-0.15, -0.1) is 0 Å². The summed E-state index contributed by atoms with van der Waals surface area (Å²) < 4.78 is 4.56. The predicted molar refractivity (Wildman–Crippen MR) is 63.6 cm³/mol. The van der Waals surface area contributed by atoms with Crippen LogP contribution in [0.5, 0.6) is 0 Å². The van der Waals surface area contributed by atoms with Gasteiger partial charge in [-0.1, -0.05) is 13.8 Å². The van der Waals surface area contributed by atoms with Gasteiger partial charge in [0.25, 0.3) is 0 Å². The fourth-order valence-corrected chi connectivity index (χ4v) is 1.39. The second-order valence-corrected chi connectivity index (χ2v) is 4.42. The summed E-state index contributed by atoms with van der Waals surface area (Å²) in [6.45, 7) is 3.78. The summed E-state index contributed by atoms with van der Waals surface area (Å²) >= 11 is 0. The molecule has 18 heavy (non-hydrogen) atoms. The van der Waals surface area contributed by atoms with Crippen molar-refractivity contribution in [2.24, 2.45) is 11.7 Å². The number of ether oxygens (including phenoxy) is 1. The second-order valence-electron chi connectivity index (χ2n) is 4.42. The number of carbonyl (C=O) groups is 3. The van der Waals surface area contributed by atoms with Crippen LogP contribution >= 0.6 is 0 Å². The van der Waals surface area contributed by atoms with Gasteiger partial charge in [0.05, 0.1) is 19.6 Å². The van der Waals surface area contributed by atoms with Crippen LogP contribution in [0.3, 0.4) is 0 Å². The molecule has 2 atom stereocenters. The lowest BCUT2D eigenvalue weighted by molar-refractivity contribution is -0.146. The quantitative estimate of drug-likeness (QED) is 0.530. The monoisotopic (exact) mass is 260 g/mol. The van der Waals surface area contributed by atoms with Crippen molar-refractivity contribution >= 4 is 17.8 Å². The lowest BCUT2D eigenvalue weighted by atomic mass is 10.0. The Balaban J connectivity index is 4.52. The standard InChI is InChI=1S/C11H20N2O5/c1-6(2)4-8(11(17)18-3)13-10(16)7(12)5-9(14)15/h6-8H,4-5,12H2,1-3H3,(H,13,16)(H,14,15)/t7-,8-/m1/s1. The van der Waals surface area contributed by atoms with Crippen LogP contribution in [0.4, 0.5) is 0 Å². The molecule has 0 saturated heterocycles. The summed E-state index contributed by atoms with van der Waals surface area (Å²) in [5, 5.41) is 10.9. The third-order valence-corrected chi connectivity index (χ3v) is 2.24. The molecule has 0 heterocycles. The van der Waals surface area contributed by atoms with E-state index < -0.39 is 36.4 Å². The van der Waals surface area contributed by atoms with Crippen molar-refractivity contribution in [1.82, 2.24) is 5.32 Å². The molecule has 0 bridgehead atoms. The molecule has 0 radical (unpaired) electrons. The highest BCUT2D eigenvalue weighted by Crippen LogP contribution is 2.06. The first-order valence-electron chi connectivity index (χ1n) is 5.63. The summed E-state index contributed by atoms with van der Waals surface area (Å²) in [4.78, 5) is 33.4. The van der Waals surface area contributed by atoms with Gasteiger partial charge in [0, 0.05) is 0 Å². The summed E-state index contributed by atoms with van der Waals surface area (Å²) in [5.41, 5.74) is 5.39. The highest BCUT2D eigenvalue weighted by atomic mass is 16.5. The van der Waals surface area contributed by atoms with E-state index in [4.69, 9.17) is 10.8 Å². The Labute approximate surface area is 106 Å². The number of esters is 1. The van der Waals surface area contributed by atoms with Crippen LogP contribution < -0.4 is 11.1 Å². The zero-order chi connectivity index (χ0) is 14.3. The maximum Gasteiger partial charge on any atom is 0.328 e. The Morgan fingerprint density at radius 2 is 1.89 bits per heavy atom. The van der Waals surface area contributed by atoms with Crippen LogP contribution in [-0.2, 0) is 19.1 Å². The van der Waals surface area contributed by atoms with E-state index in [1.807, 2.05) is 13.8 Å². The summed E-state index contributed by atoms with van der Waals surface area (Å²) in [6.07, 6.45) is -0.0837. The number of carboxylic acid groups (broad SMARTS) is 1. The maximum atomic E-state index is 11.6. The van der Waals surface area contributed by atoms with Crippen LogP contribution in [0, 0.1) is 5.92 Å². The summed E-state index contributed by atoms with van der Waals surface area (Å²) in [5.74, 6) is -2.24. The lowest BCUT2D eigenvalue weighted by Gasteiger charge is -2.20. The Bertz CT molecular complexity index is 317.